The highest BCUT2D eigenvalue weighted by Gasteiger charge is 2.21. The molecule has 28 heavy (non-hydrogen) atoms. The number of nitriles is 1. The summed E-state index contributed by atoms with van der Waals surface area (Å²) in [5.74, 6) is -0.590. The predicted molar refractivity (Wildman–Crippen MR) is 104 cm³/mol. The molecule has 7 nitrogen and oxygen atoms in total. The van der Waals surface area contributed by atoms with Gasteiger partial charge in [0, 0.05) is 17.1 Å². The molecule has 0 bridgehead atoms. The van der Waals surface area contributed by atoms with E-state index < -0.39 is 15.9 Å². The molecule has 0 saturated carbocycles. The van der Waals surface area contributed by atoms with Crippen molar-refractivity contribution in [3.05, 3.63) is 83.2 Å². The number of hydrogen-bond acceptors (Lipinski definition) is 4. The first-order chi connectivity index (χ1) is 13.3. The summed E-state index contributed by atoms with van der Waals surface area (Å²) in [5, 5.41) is 9.08. The van der Waals surface area contributed by atoms with Crippen LogP contribution in [0.2, 0.25) is 0 Å². The van der Waals surface area contributed by atoms with Crippen LogP contribution in [0.4, 0.5) is 0 Å². The second kappa shape index (κ2) is 7.68. The van der Waals surface area contributed by atoms with Crippen molar-refractivity contribution in [1.82, 2.24) is 14.8 Å². The van der Waals surface area contributed by atoms with E-state index in [9.17, 15) is 13.2 Å². The number of carbonyl (C=O) groups excluding carboxylic acids is 1. The number of carbonyl (C=O) groups is 1. The van der Waals surface area contributed by atoms with Crippen molar-refractivity contribution >= 4 is 15.9 Å². The van der Waals surface area contributed by atoms with Crippen LogP contribution in [0.15, 0.2) is 65.6 Å². The van der Waals surface area contributed by atoms with E-state index in [1.165, 1.54) is 18.2 Å². The van der Waals surface area contributed by atoms with E-state index in [2.05, 4.69) is 10.3 Å². The lowest BCUT2D eigenvalue weighted by Gasteiger charge is -2.11. The number of hydrazine groups is 1. The summed E-state index contributed by atoms with van der Waals surface area (Å²) < 4.78 is 26.8. The van der Waals surface area contributed by atoms with Gasteiger partial charge in [0.1, 0.15) is 11.0 Å². The third kappa shape index (κ3) is 3.67. The van der Waals surface area contributed by atoms with E-state index in [0.717, 1.165) is 11.4 Å². The highest BCUT2D eigenvalue weighted by atomic mass is 32.2. The van der Waals surface area contributed by atoms with Crippen LogP contribution in [0.3, 0.4) is 0 Å². The Hall–Kier alpha value is -3.41. The van der Waals surface area contributed by atoms with Crippen LogP contribution in [-0.2, 0) is 10.0 Å². The number of aromatic nitrogens is 1. The van der Waals surface area contributed by atoms with E-state index in [4.69, 9.17) is 5.26 Å². The van der Waals surface area contributed by atoms with E-state index in [1.807, 2.05) is 47.9 Å². The maximum atomic E-state index is 12.6. The summed E-state index contributed by atoms with van der Waals surface area (Å²) in [5.41, 5.74) is 4.98. The molecule has 0 aliphatic heterocycles. The third-order valence-corrected chi connectivity index (χ3v) is 5.59. The smallest absolute Gasteiger partial charge is 0.268 e. The SMILES string of the molecule is Cc1cc(C(=O)NNS(=O)(=O)c2ccccc2C#N)c(C)n1-c1ccccc1. The van der Waals surface area contributed by atoms with Gasteiger partial charge in [0.25, 0.3) is 15.9 Å². The first-order valence-electron chi connectivity index (χ1n) is 8.41. The number of para-hydroxylation sites is 1. The van der Waals surface area contributed by atoms with Crippen LogP contribution in [0.25, 0.3) is 5.69 Å². The average Bonchev–Trinajstić information content (AvgIpc) is 3.01. The number of hydrogen-bond donors (Lipinski definition) is 2. The van der Waals surface area contributed by atoms with Gasteiger partial charge in [0.15, 0.2) is 0 Å². The first-order valence-corrected chi connectivity index (χ1v) is 9.89. The molecule has 2 aromatic carbocycles. The van der Waals surface area contributed by atoms with Gasteiger partial charge in [-0.1, -0.05) is 30.3 Å². The zero-order valence-electron chi connectivity index (χ0n) is 15.3. The fourth-order valence-electron chi connectivity index (χ4n) is 3.00. The van der Waals surface area contributed by atoms with Crippen LogP contribution in [0.5, 0.6) is 0 Å². The zero-order valence-corrected chi connectivity index (χ0v) is 16.1. The van der Waals surface area contributed by atoms with Crippen LogP contribution < -0.4 is 10.3 Å². The minimum absolute atomic E-state index is 0.00787. The molecule has 0 aliphatic carbocycles. The maximum Gasteiger partial charge on any atom is 0.268 e. The highest BCUT2D eigenvalue weighted by Crippen LogP contribution is 2.20. The van der Waals surface area contributed by atoms with Crippen molar-refractivity contribution in [2.24, 2.45) is 0 Å². The van der Waals surface area contributed by atoms with Crippen molar-refractivity contribution < 1.29 is 13.2 Å². The molecular weight excluding hydrogens is 376 g/mol. The normalized spacial score (nSPS) is 11.0. The number of sulfonamides is 1. The van der Waals surface area contributed by atoms with Crippen molar-refractivity contribution in [2.45, 2.75) is 18.7 Å². The number of nitrogens with zero attached hydrogens (tertiary/aromatic N) is 2. The Morgan fingerprint density at radius 3 is 2.36 bits per heavy atom. The summed E-state index contributed by atoms with van der Waals surface area (Å²) in [7, 11) is -4.09. The molecule has 0 fully saturated rings. The Morgan fingerprint density at radius 2 is 1.68 bits per heavy atom. The molecule has 0 aliphatic rings. The van der Waals surface area contributed by atoms with E-state index in [-0.39, 0.29) is 10.5 Å². The molecular formula is C20H18N4O3S. The van der Waals surface area contributed by atoms with Crippen molar-refractivity contribution in [3.63, 3.8) is 0 Å². The van der Waals surface area contributed by atoms with Crippen LogP contribution >= 0.6 is 0 Å². The van der Waals surface area contributed by atoms with Gasteiger partial charge >= 0.3 is 0 Å². The Balaban J connectivity index is 1.84. The molecule has 2 N–H and O–H groups in total. The van der Waals surface area contributed by atoms with E-state index >= 15 is 0 Å². The second-order valence-electron chi connectivity index (χ2n) is 6.12. The Morgan fingerprint density at radius 1 is 1.04 bits per heavy atom. The van der Waals surface area contributed by atoms with Gasteiger partial charge < -0.3 is 4.57 Å². The number of nitrogens with one attached hydrogen (secondary N) is 2. The largest absolute Gasteiger partial charge is 0.318 e. The minimum Gasteiger partial charge on any atom is -0.318 e. The fourth-order valence-corrected chi connectivity index (χ4v) is 3.99. The van der Waals surface area contributed by atoms with Crippen LogP contribution in [0.1, 0.15) is 27.3 Å². The van der Waals surface area contributed by atoms with Crippen LogP contribution in [-0.4, -0.2) is 18.9 Å². The zero-order chi connectivity index (χ0) is 20.3. The van der Waals surface area contributed by atoms with Crippen molar-refractivity contribution in [3.8, 4) is 11.8 Å². The number of benzene rings is 2. The summed E-state index contributed by atoms with van der Waals surface area (Å²) in [6, 6.07) is 18.8. The quantitative estimate of drug-likeness (QED) is 0.649. The molecule has 142 valence electrons. The average molecular weight is 394 g/mol. The monoisotopic (exact) mass is 394 g/mol. The van der Waals surface area contributed by atoms with Gasteiger partial charge in [0.05, 0.1) is 11.1 Å². The Bertz CT molecular complexity index is 1180. The summed E-state index contributed by atoms with van der Waals surface area (Å²) in [6.07, 6.45) is 0. The number of rotatable bonds is 5. The molecule has 1 amide bonds. The molecule has 3 rings (SSSR count). The van der Waals surface area contributed by atoms with E-state index in [1.54, 1.807) is 19.1 Å². The van der Waals surface area contributed by atoms with Gasteiger partial charge in [-0.15, -0.1) is 4.83 Å². The molecule has 1 heterocycles. The summed E-state index contributed by atoms with van der Waals surface area (Å²) in [4.78, 5) is 14.4. The molecule has 3 aromatic rings. The molecule has 1 aromatic heterocycles. The molecule has 0 saturated heterocycles. The minimum atomic E-state index is -4.09. The van der Waals surface area contributed by atoms with Gasteiger partial charge in [-0.2, -0.15) is 5.26 Å². The van der Waals surface area contributed by atoms with Crippen LogP contribution in [0, 0.1) is 25.2 Å². The van der Waals surface area contributed by atoms with Crippen molar-refractivity contribution in [1.29, 1.82) is 5.26 Å². The lowest BCUT2D eigenvalue weighted by Crippen LogP contribution is -2.41. The third-order valence-electron chi connectivity index (χ3n) is 4.29. The van der Waals surface area contributed by atoms with Crippen molar-refractivity contribution in [2.75, 3.05) is 0 Å². The fraction of sp³-hybridized carbons (Fsp3) is 0.100. The molecule has 0 radical (unpaired) electrons. The van der Waals surface area contributed by atoms with E-state index in [0.29, 0.717) is 11.3 Å². The molecule has 8 heteroatoms. The van der Waals surface area contributed by atoms with Gasteiger partial charge in [-0.3, -0.25) is 10.2 Å². The lowest BCUT2D eigenvalue weighted by atomic mass is 10.2. The molecule has 0 atom stereocenters. The van der Waals surface area contributed by atoms with Gasteiger partial charge in [0.2, 0.25) is 0 Å². The topological polar surface area (TPSA) is 104 Å². The number of aryl methyl sites for hydroxylation is 1. The van der Waals surface area contributed by atoms with Gasteiger partial charge in [-0.25, -0.2) is 8.42 Å². The summed E-state index contributed by atoms with van der Waals surface area (Å²) in [6.45, 7) is 3.65. The highest BCUT2D eigenvalue weighted by molar-refractivity contribution is 7.89. The first kappa shape index (κ1) is 19.4. The lowest BCUT2D eigenvalue weighted by molar-refractivity contribution is 0.0944. The van der Waals surface area contributed by atoms with Gasteiger partial charge in [-0.05, 0) is 44.2 Å². The maximum absolute atomic E-state index is 12.6. The number of amides is 1. The standard InChI is InChI=1S/C20H18N4O3S/c1-14-12-18(15(2)24(14)17-9-4-3-5-10-17)20(25)22-23-28(26,27)19-11-7-6-8-16(19)13-21/h3-12,23H,1-2H3,(H,22,25). The molecule has 0 unspecified atom stereocenters. The second-order valence-corrected chi connectivity index (χ2v) is 7.77. The molecule has 0 spiro atoms. The summed E-state index contributed by atoms with van der Waals surface area (Å²) >= 11 is 0. The predicted octanol–water partition coefficient (Wildman–Crippen LogP) is 2.59. The Kier molecular flexibility index (Phi) is 5.31. The Labute approximate surface area is 163 Å².